The number of allylic oxidation sites excluding steroid dienone is 4. The Labute approximate surface area is 137 Å². The number of aryl methyl sites for hydroxylation is 1. The van der Waals surface area contributed by atoms with Gasteiger partial charge in [-0.15, -0.1) is 5.10 Å². The van der Waals surface area contributed by atoms with Gasteiger partial charge in [-0.3, -0.25) is 0 Å². The average Bonchev–Trinajstić information content (AvgIpc) is 2.91. The van der Waals surface area contributed by atoms with E-state index in [1.54, 1.807) is 6.92 Å². The summed E-state index contributed by atoms with van der Waals surface area (Å²) in [4.78, 5) is 7.22. The van der Waals surface area contributed by atoms with E-state index in [1.165, 1.54) is 12.1 Å². The number of nitrogens with one attached hydrogen (secondary N) is 1. The topological polar surface area (TPSA) is 55.1 Å². The van der Waals surface area contributed by atoms with E-state index in [1.807, 2.05) is 0 Å². The molecule has 11 heteroatoms. The van der Waals surface area contributed by atoms with Crippen LogP contribution in [0.2, 0.25) is 0 Å². The van der Waals surface area contributed by atoms with E-state index in [0.29, 0.717) is 11.4 Å². The van der Waals surface area contributed by atoms with Gasteiger partial charge in [-0.05, 0) is 25.8 Å². The number of fused-ring (bicyclic) bond motifs is 1. The van der Waals surface area contributed by atoms with Gasteiger partial charge in [0.25, 0.3) is 11.6 Å². The molecule has 2 aromatic heterocycles. The minimum atomic E-state index is -4.73. The van der Waals surface area contributed by atoms with E-state index in [4.69, 9.17) is 0 Å². The van der Waals surface area contributed by atoms with E-state index in [2.05, 4.69) is 20.4 Å². The van der Waals surface area contributed by atoms with Crippen LogP contribution in [0, 0.1) is 6.92 Å². The summed E-state index contributed by atoms with van der Waals surface area (Å²) in [6.45, 7) is 1.56. The third kappa shape index (κ3) is 3.59. The molecule has 1 aliphatic carbocycles. The first kappa shape index (κ1) is 17.2. The molecule has 0 fully saturated rings. The van der Waals surface area contributed by atoms with Crippen molar-refractivity contribution >= 4 is 11.6 Å². The Morgan fingerprint density at radius 1 is 1.00 bits per heavy atom. The zero-order valence-electron chi connectivity index (χ0n) is 12.7. The van der Waals surface area contributed by atoms with Crippen LogP contribution in [0.4, 0.5) is 32.2 Å². The third-order valence-electron chi connectivity index (χ3n) is 3.50. The van der Waals surface area contributed by atoms with Crippen LogP contribution in [0.25, 0.3) is 5.78 Å². The van der Waals surface area contributed by atoms with Crippen LogP contribution in [0.15, 0.2) is 29.5 Å². The SMILES string of the molecule is Cc1cc(NC2=CC=C(C(F)(F)F)CC2)n2nc(C(F)(F)F)nc2n1. The van der Waals surface area contributed by atoms with Crippen LogP contribution in [-0.4, -0.2) is 25.8 Å². The van der Waals surface area contributed by atoms with Crippen molar-refractivity contribution in [2.24, 2.45) is 0 Å². The Balaban J connectivity index is 1.95. The second kappa shape index (κ2) is 5.74. The highest BCUT2D eigenvalue weighted by Gasteiger charge is 2.37. The maximum Gasteiger partial charge on any atom is 0.453 e. The summed E-state index contributed by atoms with van der Waals surface area (Å²) in [7, 11) is 0. The average molecular weight is 363 g/mol. The fourth-order valence-corrected chi connectivity index (χ4v) is 2.34. The zero-order chi connectivity index (χ0) is 18.4. The number of nitrogens with zero attached hydrogens (tertiary/aromatic N) is 4. The molecule has 3 rings (SSSR count). The Morgan fingerprint density at radius 2 is 1.72 bits per heavy atom. The number of aromatic nitrogens is 4. The van der Waals surface area contributed by atoms with Crippen LogP contribution in [-0.2, 0) is 6.18 Å². The molecule has 2 heterocycles. The van der Waals surface area contributed by atoms with E-state index < -0.39 is 23.8 Å². The molecule has 0 atom stereocenters. The molecule has 0 spiro atoms. The standard InChI is InChI=1S/C14H11F6N5/c1-7-6-10(22-9-4-2-8(3-5-9)13(15,16)17)25-12(21-7)23-11(24-25)14(18,19)20/h2,4,6,22H,3,5H2,1H3. The van der Waals surface area contributed by atoms with Crippen LogP contribution >= 0.6 is 0 Å². The second-order valence-electron chi connectivity index (χ2n) is 5.43. The molecule has 1 aliphatic rings. The summed E-state index contributed by atoms with van der Waals surface area (Å²) >= 11 is 0. The summed E-state index contributed by atoms with van der Waals surface area (Å²) in [6, 6.07) is 1.44. The second-order valence-corrected chi connectivity index (χ2v) is 5.43. The minimum Gasteiger partial charge on any atom is -0.344 e. The lowest BCUT2D eigenvalue weighted by molar-refractivity contribution is -0.144. The van der Waals surface area contributed by atoms with Crippen molar-refractivity contribution in [2.45, 2.75) is 32.1 Å². The molecule has 1 N–H and O–H groups in total. The summed E-state index contributed by atoms with van der Waals surface area (Å²) < 4.78 is 77.0. The molecule has 2 aromatic rings. The van der Waals surface area contributed by atoms with Gasteiger partial charge in [0, 0.05) is 23.0 Å². The van der Waals surface area contributed by atoms with Gasteiger partial charge in [-0.1, -0.05) is 6.08 Å². The van der Waals surface area contributed by atoms with Crippen molar-refractivity contribution in [1.29, 1.82) is 0 Å². The molecule has 0 aromatic carbocycles. The maximum atomic E-state index is 12.8. The molecule has 0 radical (unpaired) electrons. The predicted octanol–water partition coefficient (Wildman–Crippen LogP) is 4.03. The van der Waals surface area contributed by atoms with E-state index in [0.717, 1.165) is 10.6 Å². The first-order valence-electron chi connectivity index (χ1n) is 7.09. The number of rotatable bonds is 2. The molecule has 0 amide bonds. The van der Waals surface area contributed by atoms with Gasteiger partial charge >= 0.3 is 12.4 Å². The van der Waals surface area contributed by atoms with Crippen LogP contribution in [0.3, 0.4) is 0 Å². The summed E-state index contributed by atoms with van der Waals surface area (Å²) in [5.41, 5.74) is 0.150. The van der Waals surface area contributed by atoms with Gasteiger partial charge < -0.3 is 5.32 Å². The monoisotopic (exact) mass is 363 g/mol. The molecular weight excluding hydrogens is 352 g/mol. The van der Waals surface area contributed by atoms with Gasteiger partial charge in [-0.2, -0.15) is 35.8 Å². The molecule has 0 unspecified atom stereocenters. The van der Waals surface area contributed by atoms with Gasteiger partial charge in [0.2, 0.25) is 0 Å². The van der Waals surface area contributed by atoms with Crippen molar-refractivity contribution in [3.05, 3.63) is 41.0 Å². The number of anilines is 1. The molecule has 25 heavy (non-hydrogen) atoms. The van der Waals surface area contributed by atoms with Crippen molar-refractivity contribution < 1.29 is 26.3 Å². The highest BCUT2D eigenvalue weighted by molar-refractivity contribution is 5.50. The van der Waals surface area contributed by atoms with E-state index in [9.17, 15) is 26.3 Å². The van der Waals surface area contributed by atoms with E-state index in [-0.39, 0.29) is 24.4 Å². The fourth-order valence-electron chi connectivity index (χ4n) is 2.34. The Hall–Kier alpha value is -2.59. The Kier molecular flexibility index (Phi) is 3.96. The van der Waals surface area contributed by atoms with Crippen LogP contribution < -0.4 is 5.32 Å². The molecule has 134 valence electrons. The van der Waals surface area contributed by atoms with E-state index >= 15 is 0 Å². The number of halogens is 6. The minimum absolute atomic E-state index is 0.0645. The highest BCUT2D eigenvalue weighted by Crippen LogP contribution is 2.33. The zero-order valence-corrected chi connectivity index (χ0v) is 12.7. The normalized spacial score (nSPS) is 16.0. The molecule has 0 aliphatic heterocycles. The predicted molar refractivity (Wildman–Crippen MR) is 75.6 cm³/mol. The Bertz CT molecular complexity index is 874. The lowest BCUT2D eigenvalue weighted by Crippen LogP contribution is -2.16. The smallest absolute Gasteiger partial charge is 0.344 e. The number of hydrogen-bond donors (Lipinski definition) is 1. The quantitative estimate of drug-likeness (QED) is 0.819. The fraction of sp³-hybridized carbons (Fsp3) is 0.357. The lowest BCUT2D eigenvalue weighted by atomic mass is 10.0. The van der Waals surface area contributed by atoms with Crippen molar-refractivity contribution in [3.8, 4) is 0 Å². The molecule has 5 nitrogen and oxygen atoms in total. The van der Waals surface area contributed by atoms with Gasteiger partial charge in [0.15, 0.2) is 0 Å². The molecule has 0 saturated carbocycles. The van der Waals surface area contributed by atoms with Gasteiger partial charge in [-0.25, -0.2) is 4.98 Å². The van der Waals surface area contributed by atoms with Crippen LogP contribution in [0.1, 0.15) is 24.4 Å². The third-order valence-corrected chi connectivity index (χ3v) is 3.50. The molecule has 0 saturated heterocycles. The summed E-state index contributed by atoms with van der Waals surface area (Å²) in [6.07, 6.45) is -7.09. The highest BCUT2D eigenvalue weighted by atomic mass is 19.4. The number of alkyl halides is 6. The van der Waals surface area contributed by atoms with Gasteiger partial charge in [0.05, 0.1) is 0 Å². The molecule has 0 bridgehead atoms. The largest absolute Gasteiger partial charge is 0.453 e. The van der Waals surface area contributed by atoms with Gasteiger partial charge in [0.1, 0.15) is 5.82 Å². The van der Waals surface area contributed by atoms with Crippen molar-refractivity contribution in [2.75, 3.05) is 5.32 Å². The lowest BCUT2D eigenvalue weighted by Gasteiger charge is -2.18. The summed E-state index contributed by atoms with van der Waals surface area (Å²) in [5, 5.41) is 6.18. The maximum absolute atomic E-state index is 12.8. The first-order chi connectivity index (χ1) is 11.5. The molecular formula is C14H11F6N5. The Morgan fingerprint density at radius 3 is 2.28 bits per heavy atom. The van der Waals surface area contributed by atoms with Crippen molar-refractivity contribution in [1.82, 2.24) is 19.6 Å². The number of hydrogen-bond acceptors (Lipinski definition) is 4. The summed E-state index contributed by atoms with van der Waals surface area (Å²) in [5.74, 6) is -1.45. The first-order valence-corrected chi connectivity index (χ1v) is 7.09. The van der Waals surface area contributed by atoms with Crippen molar-refractivity contribution in [3.63, 3.8) is 0 Å². The van der Waals surface area contributed by atoms with Crippen LogP contribution in [0.5, 0.6) is 0 Å².